The molecule has 0 saturated heterocycles. The van der Waals surface area contributed by atoms with Crippen molar-refractivity contribution in [2.45, 2.75) is 80.1 Å². The van der Waals surface area contributed by atoms with Crippen LogP contribution in [0.5, 0.6) is 0 Å². The van der Waals surface area contributed by atoms with E-state index in [0.29, 0.717) is 12.2 Å². The molecular formula is C24H38O2. The lowest BCUT2D eigenvalue weighted by Gasteiger charge is -2.04. The van der Waals surface area contributed by atoms with Gasteiger partial charge in [0.2, 0.25) is 0 Å². The van der Waals surface area contributed by atoms with E-state index in [1.165, 1.54) is 22.3 Å². The number of esters is 1. The fourth-order valence-corrected chi connectivity index (χ4v) is 2.37. The normalized spacial score (nSPS) is 12.8. The first-order valence-electron chi connectivity index (χ1n) is 9.65. The standard InChI is InChI=1S/C24H38O2/c1-19(2)11-8-12-21(5)13-9-14-22(6)15-10-16-23(7)17-18-26-24(25)20(3)4/h11,13,15,17H,3,8-10,12,14,16,18H2,1-2,4-7H3. The monoisotopic (exact) mass is 358 g/mol. The van der Waals surface area contributed by atoms with Crippen molar-refractivity contribution in [1.29, 1.82) is 0 Å². The molecule has 0 aliphatic carbocycles. The van der Waals surface area contributed by atoms with Gasteiger partial charge in [0.1, 0.15) is 6.61 Å². The Morgan fingerprint density at radius 2 is 1.15 bits per heavy atom. The van der Waals surface area contributed by atoms with Crippen molar-refractivity contribution in [3.8, 4) is 0 Å². The number of allylic oxidation sites excluding steroid dienone is 7. The second kappa shape index (κ2) is 14.4. The summed E-state index contributed by atoms with van der Waals surface area (Å²) in [5.41, 5.74) is 6.02. The van der Waals surface area contributed by atoms with E-state index in [2.05, 4.69) is 59.4 Å². The molecule has 0 saturated carbocycles. The van der Waals surface area contributed by atoms with Gasteiger partial charge in [0.15, 0.2) is 0 Å². The number of rotatable bonds is 12. The summed E-state index contributed by atoms with van der Waals surface area (Å²) in [6.07, 6.45) is 15.6. The van der Waals surface area contributed by atoms with Crippen molar-refractivity contribution in [2.75, 3.05) is 6.61 Å². The molecule has 0 amide bonds. The SMILES string of the molecule is C=C(C)C(=O)OCC=C(C)CCC=C(C)CCC=C(C)CCC=C(C)C. The zero-order valence-corrected chi connectivity index (χ0v) is 17.8. The molecular weight excluding hydrogens is 320 g/mol. The fourth-order valence-electron chi connectivity index (χ4n) is 2.37. The third kappa shape index (κ3) is 14.5. The van der Waals surface area contributed by atoms with Gasteiger partial charge in [0.25, 0.3) is 0 Å². The van der Waals surface area contributed by atoms with E-state index >= 15 is 0 Å². The Bertz CT molecular complexity index is 567. The predicted molar refractivity (Wildman–Crippen MR) is 114 cm³/mol. The van der Waals surface area contributed by atoms with Crippen LogP contribution in [0.25, 0.3) is 0 Å². The van der Waals surface area contributed by atoms with Crippen LogP contribution in [-0.2, 0) is 9.53 Å². The Morgan fingerprint density at radius 3 is 1.58 bits per heavy atom. The van der Waals surface area contributed by atoms with Gasteiger partial charge in [-0.25, -0.2) is 4.79 Å². The first kappa shape index (κ1) is 24.2. The summed E-state index contributed by atoms with van der Waals surface area (Å²) in [5.74, 6) is -0.325. The van der Waals surface area contributed by atoms with Crippen LogP contribution in [0.15, 0.2) is 58.7 Å². The summed E-state index contributed by atoms with van der Waals surface area (Å²) in [7, 11) is 0. The van der Waals surface area contributed by atoms with Crippen molar-refractivity contribution in [3.63, 3.8) is 0 Å². The quantitative estimate of drug-likeness (QED) is 0.208. The number of hydrogen-bond acceptors (Lipinski definition) is 2. The van der Waals surface area contributed by atoms with Crippen LogP contribution < -0.4 is 0 Å². The number of carbonyl (C=O) groups excluding carboxylic acids is 1. The first-order valence-corrected chi connectivity index (χ1v) is 9.65. The van der Waals surface area contributed by atoms with Crippen molar-refractivity contribution >= 4 is 5.97 Å². The third-order valence-corrected chi connectivity index (χ3v) is 4.15. The largest absolute Gasteiger partial charge is 0.458 e. The minimum Gasteiger partial charge on any atom is -0.458 e. The summed E-state index contributed by atoms with van der Waals surface area (Å²) in [4.78, 5) is 11.3. The van der Waals surface area contributed by atoms with Crippen molar-refractivity contribution in [2.24, 2.45) is 0 Å². The molecule has 0 N–H and O–H groups in total. The molecule has 0 radical (unpaired) electrons. The number of hydrogen-bond donors (Lipinski definition) is 0. The molecule has 2 nitrogen and oxygen atoms in total. The summed E-state index contributed by atoms with van der Waals surface area (Å²) in [6, 6.07) is 0. The molecule has 0 aliphatic heterocycles. The van der Waals surface area contributed by atoms with Crippen LogP contribution in [0, 0.1) is 0 Å². The van der Waals surface area contributed by atoms with Gasteiger partial charge in [-0.2, -0.15) is 0 Å². The van der Waals surface area contributed by atoms with Crippen LogP contribution in [0.4, 0.5) is 0 Å². The van der Waals surface area contributed by atoms with E-state index in [1.807, 2.05) is 6.08 Å². The minimum atomic E-state index is -0.325. The van der Waals surface area contributed by atoms with E-state index in [0.717, 1.165) is 38.5 Å². The molecule has 0 fully saturated rings. The van der Waals surface area contributed by atoms with Crippen molar-refractivity contribution < 1.29 is 9.53 Å². The van der Waals surface area contributed by atoms with Crippen LogP contribution in [0.2, 0.25) is 0 Å². The predicted octanol–water partition coefficient (Wildman–Crippen LogP) is 7.25. The van der Waals surface area contributed by atoms with Gasteiger partial charge < -0.3 is 4.74 Å². The van der Waals surface area contributed by atoms with Crippen molar-refractivity contribution in [1.82, 2.24) is 0 Å². The van der Waals surface area contributed by atoms with Gasteiger partial charge in [-0.1, -0.05) is 47.1 Å². The zero-order chi connectivity index (χ0) is 19.9. The van der Waals surface area contributed by atoms with E-state index in [-0.39, 0.29) is 5.97 Å². The lowest BCUT2D eigenvalue weighted by atomic mass is 10.0. The average Bonchev–Trinajstić information content (AvgIpc) is 2.54. The molecule has 0 heterocycles. The highest BCUT2D eigenvalue weighted by molar-refractivity contribution is 5.86. The van der Waals surface area contributed by atoms with Crippen molar-refractivity contribution in [3.05, 3.63) is 58.7 Å². The fraction of sp³-hybridized carbons (Fsp3) is 0.542. The van der Waals surface area contributed by atoms with Gasteiger partial charge in [0, 0.05) is 5.57 Å². The van der Waals surface area contributed by atoms with Crippen LogP contribution in [0.1, 0.15) is 80.1 Å². The van der Waals surface area contributed by atoms with Crippen LogP contribution in [-0.4, -0.2) is 12.6 Å². The highest BCUT2D eigenvalue weighted by Crippen LogP contribution is 2.13. The minimum absolute atomic E-state index is 0.325. The zero-order valence-electron chi connectivity index (χ0n) is 17.8. The van der Waals surface area contributed by atoms with Gasteiger partial charge in [-0.3, -0.25) is 0 Å². The molecule has 0 rings (SSSR count). The number of carbonyl (C=O) groups is 1. The Hall–Kier alpha value is -1.83. The number of ether oxygens (including phenoxy) is 1. The van der Waals surface area contributed by atoms with Gasteiger partial charge in [0.05, 0.1) is 0 Å². The van der Waals surface area contributed by atoms with Gasteiger partial charge in [-0.15, -0.1) is 0 Å². The molecule has 0 unspecified atom stereocenters. The van der Waals surface area contributed by atoms with E-state index in [1.54, 1.807) is 6.92 Å². The van der Waals surface area contributed by atoms with Gasteiger partial charge >= 0.3 is 5.97 Å². The van der Waals surface area contributed by atoms with E-state index in [9.17, 15) is 4.79 Å². The summed E-state index contributed by atoms with van der Waals surface area (Å²) < 4.78 is 5.08. The summed E-state index contributed by atoms with van der Waals surface area (Å²) in [5, 5.41) is 0. The lowest BCUT2D eigenvalue weighted by molar-refractivity contribution is -0.137. The molecule has 0 aromatic rings. The molecule has 26 heavy (non-hydrogen) atoms. The Labute approximate surface area is 161 Å². The molecule has 146 valence electrons. The third-order valence-electron chi connectivity index (χ3n) is 4.15. The maximum absolute atomic E-state index is 11.3. The highest BCUT2D eigenvalue weighted by Gasteiger charge is 2.00. The molecule has 0 bridgehead atoms. The Morgan fingerprint density at radius 1 is 0.731 bits per heavy atom. The molecule has 0 spiro atoms. The molecule has 0 aromatic carbocycles. The summed E-state index contributed by atoms with van der Waals surface area (Å²) in [6.45, 7) is 16.4. The summed E-state index contributed by atoms with van der Waals surface area (Å²) >= 11 is 0. The maximum Gasteiger partial charge on any atom is 0.333 e. The maximum atomic E-state index is 11.3. The Balaban J connectivity index is 4.04. The smallest absolute Gasteiger partial charge is 0.333 e. The average molecular weight is 359 g/mol. The van der Waals surface area contributed by atoms with Crippen LogP contribution >= 0.6 is 0 Å². The van der Waals surface area contributed by atoms with Crippen LogP contribution in [0.3, 0.4) is 0 Å². The van der Waals surface area contributed by atoms with E-state index in [4.69, 9.17) is 4.74 Å². The Kier molecular flexibility index (Phi) is 13.3. The molecule has 0 aliphatic rings. The molecule has 2 heteroatoms. The highest BCUT2D eigenvalue weighted by atomic mass is 16.5. The molecule has 0 aromatic heterocycles. The topological polar surface area (TPSA) is 26.3 Å². The second-order valence-electron chi connectivity index (χ2n) is 7.43. The van der Waals surface area contributed by atoms with E-state index < -0.39 is 0 Å². The second-order valence-corrected chi connectivity index (χ2v) is 7.43. The molecule has 0 atom stereocenters. The first-order chi connectivity index (χ1) is 12.2. The van der Waals surface area contributed by atoms with Gasteiger partial charge in [-0.05, 0) is 86.1 Å². The lowest BCUT2D eigenvalue weighted by Crippen LogP contribution is -2.04.